The second kappa shape index (κ2) is 8.95. The Morgan fingerprint density at radius 2 is 1.57 bits per heavy atom. The number of benzene rings is 2. The Kier molecular flexibility index (Phi) is 5.81. The molecule has 4 aromatic rings. The zero-order chi connectivity index (χ0) is 24.6. The Morgan fingerprint density at radius 3 is 2.26 bits per heavy atom. The monoisotopic (exact) mass is 495 g/mol. The van der Waals surface area contributed by atoms with Gasteiger partial charge in [-0.25, -0.2) is 4.98 Å². The number of rotatable bonds is 5. The van der Waals surface area contributed by atoms with Crippen LogP contribution in [0.5, 0.6) is 0 Å². The van der Waals surface area contributed by atoms with E-state index in [1.807, 2.05) is 17.5 Å². The Morgan fingerprint density at radius 1 is 0.914 bits per heavy atom. The van der Waals surface area contributed by atoms with Crippen molar-refractivity contribution in [3.8, 4) is 33.2 Å². The highest BCUT2D eigenvalue weighted by Crippen LogP contribution is 2.34. The van der Waals surface area contributed by atoms with Crippen LogP contribution in [-0.4, -0.2) is 26.2 Å². The van der Waals surface area contributed by atoms with E-state index in [0.29, 0.717) is 27.7 Å². The molecule has 1 aliphatic rings. The summed E-state index contributed by atoms with van der Waals surface area (Å²) in [6, 6.07) is 12.2. The lowest BCUT2D eigenvalue weighted by atomic mass is 9.88. The fraction of sp³-hybridized carbons (Fsp3) is 0.120. The van der Waals surface area contributed by atoms with E-state index >= 15 is 0 Å². The first-order valence-electron chi connectivity index (χ1n) is 10.4. The van der Waals surface area contributed by atoms with Crippen LogP contribution < -0.4 is 0 Å². The summed E-state index contributed by atoms with van der Waals surface area (Å²) < 4.78 is 43.7. The number of aromatic nitrogens is 3. The summed E-state index contributed by atoms with van der Waals surface area (Å²) in [6.07, 6.45) is 2.34. The maximum absolute atomic E-state index is 12.8. The quantitative estimate of drug-likeness (QED) is 0.342. The van der Waals surface area contributed by atoms with E-state index in [-0.39, 0.29) is 5.89 Å². The number of thiazole rings is 1. The Bertz CT molecular complexity index is 1420. The molecule has 1 aliphatic carbocycles. The summed E-state index contributed by atoms with van der Waals surface area (Å²) in [4.78, 5) is 20.4. The van der Waals surface area contributed by atoms with Gasteiger partial charge in [0.15, 0.2) is 0 Å². The number of alkyl halides is 3. The molecule has 0 aliphatic heterocycles. The van der Waals surface area contributed by atoms with Crippen LogP contribution in [0, 0.1) is 5.92 Å². The molecule has 2 unspecified atom stereocenters. The lowest BCUT2D eigenvalue weighted by molar-refractivity contribution is -0.140. The third-order valence-electron chi connectivity index (χ3n) is 5.55. The second-order valence-electron chi connectivity index (χ2n) is 7.81. The first-order valence-corrected chi connectivity index (χ1v) is 11.3. The second-order valence-corrected chi connectivity index (χ2v) is 8.66. The highest BCUT2D eigenvalue weighted by Gasteiger charge is 2.31. The summed E-state index contributed by atoms with van der Waals surface area (Å²) in [6.45, 7) is 0. The van der Waals surface area contributed by atoms with Crippen molar-refractivity contribution in [3.05, 3.63) is 89.7 Å². The largest absolute Gasteiger partial charge is 0.481 e. The Balaban J connectivity index is 1.33. The minimum absolute atomic E-state index is 0.220. The lowest BCUT2D eigenvalue weighted by Gasteiger charge is -2.16. The third-order valence-corrected chi connectivity index (χ3v) is 6.44. The molecule has 5 rings (SSSR count). The molecule has 0 spiro atoms. The maximum Gasteiger partial charge on any atom is 0.416 e. The van der Waals surface area contributed by atoms with E-state index in [4.69, 9.17) is 4.52 Å². The molecule has 176 valence electrons. The number of carboxylic acids is 1. The van der Waals surface area contributed by atoms with Gasteiger partial charge in [-0.2, -0.15) is 18.2 Å². The van der Waals surface area contributed by atoms with Gasteiger partial charge in [0.2, 0.25) is 11.7 Å². The predicted octanol–water partition coefficient (Wildman–Crippen LogP) is 6.46. The number of halogens is 3. The van der Waals surface area contributed by atoms with Crippen molar-refractivity contribution in [2.75, 3.05) is 0 Å². The zero-order valence-electron chi connectivity index (χ0n) is 17.8. The zero-order valence-corrected chi connectivity index (χ0v) is 18.6. The van der Waals surface area contributed by atoms with E-state index < -0.39 is 29.5 Å². The smallest absolute Gasteiger partial charge is 0.416 e. The van der Waals surface area contributed by atoms with Crippen LogP contribution in [0.25, 0.3) is 33.2 Å². The lowest BCUT2D eigenvalue weighted by Crippen LogP contribution is -2.20. The van der Waals surface area contributed by atoms with Crippen molar-refractivity contribution in [2.24, 2.45) is 5.92 Å². The van der Waals surface area contributed by atoms with Crippen LogP contribution in [0.4, 0.5) is 13.2 Å². The van der Waals surface area contributed by atoms with Crippen molar-refractivity contribution in [1.29, 1.82) is 0 Å². The SMILES string of the molecule is O=C(O)C1C=CC=CC1c1nc(-c2ccc(-c3csc(-c4ccc(C(F)(F)F)cc4)n3)cc2)no1. The normalized spacial score (nSPS) is 17.6. The summed E-state index contributed by atoms with van der Waals surface area (Å²) in [5.74, 6) is -1.74. The van der Waals surface area contributed by atoms with E-state index in [9.17, 15) is 23.1 Å². The minimum Gasteiger partial charge on any atom is -0.481 e. The number of aliphatic carboxylic acids is 1. The summed E-state index contributed by atoms with van der Waals surface area (Å²) >= 11 is 1.34. The standard InChI is InChI=1S/C25H16F3N3O3S/c26-25(27,28)17-11-9-16(10-12-17)23-29-20(13-35-23)14-5-7-15(8-6-14)21-30-22(34-31-21)18-3-1-2-4-19(18)24(32)33/h1-13,18-19H,(H,32,33). The maximum atomic E-state index is 12.8. The van der Waals surface area contributed by atoms with Crippen LogP contribution in [0.1, 0.15) is 17.4 Å². The molecule has 2 aromatic carbocycles. The van der Waals surface area contributed by atoms with Crippen LogP contribution in [0.3, 0.4) is 0 Å². The number of nitrogens with zero attached hydrogens (tertiary/aromatic N) is 3. The summed E-state index contributed by atoms with van der Waals surface area (Å²) in [5.41, 5.74) is 2.10. The van der Waals surface area contributed by atoms with E-state index in [1.165, 1.54) is 23.5 Å². The highest BCUT2D eigenvalue weighted by atomic mass is 32.1. The van der Waals surface area contributed by atoms with Gasteiger partial charge in [0.25, 0.3) is 0 Å². The molecule has 0 bridgehead atoms. The van der Waals surface area contributed by atoms with Crippen LogP contribution >= 0.6 is 11.3 Å². The third kappa shape index (κ3) is 4.65. The van der Waals surface area contributed by atoms with Gasteiger partial charge in [-0.05, 0) is 12.1 Å². The molecule has 10 heteroatoms. The Labute approximate surface area is 201 Å². The molecule has 0 saturated heterocycles. The number of carbonyl (C=O) groups is 1. The van der Waals surface area contributed by atoms with Crippen LogP contribution in [0.2, 0.25) is 0 Å². The van der Waals surface area contributed by atoms with Gasteiger partial charge in [0.1, 0.15) is 5.01 Å². The van der Waals surface area contributed by atoms with E-state index in [1.54, 1.807) is 36.4 Å². The molecule has 35 heavy (non-hydrogen) atoms. The van der Waals surface area contributed by atoms with Crippen molar-refractivity contribution < 1.29 is 27.6 Å². The molecule has 0 radical (unpaired) electrons. The predicted molar refractivity (Wildman–Crippen MR) is 123 cm³/mol. The molecular weight excluding hydrogens is 479 g/mol. The van der Waals surface area contributed by atoms with Crippen molar-refractivity contribution in [1.82, 2.24) is 15.1 Å². The fourth-order valence-corrected chi connectivity index (χ4v) is 4.53. The van der Waals surface area contributed by atoms with E-state index in [2.05, 4.69) is 15.1 Å². The van der Waals surface area contributed by atoms with Crippen molar-refractivity contribution in [2.45, 2.75) is 12.1 Å². The van der Waals surface area contributed by atoms with Gasteiger partial charge in [-0.3, -0.25) is 4.79 Å². The molecule has 0 amide bonds. The molecule has 2 heterocycles. The molecule has 6 nitrogen and oxygen atoms in total. The van der Waals surface area contributed by atoms with Crippen LogP contribution in [-0.2, 0) is 11.0 Å². The molecular formula is C25H16F3N3O3S. The molecule has 2 atom stereocenters. The summed E-state index contributed by atoms with van der Waals surface area (Å²) in [7, 11) is 0. The molecule has 2 aromatic heterocycles. The average Bonchev–Trinajstić information content (AvgIpc) is 3.54. The van der Waals surface area contributed by atoms with Gasteiger partial charge < -0.3 is 9.63 Å². The first-order chi connectivity index (χ1) is 16.8. The number of hydrogen-bond acceptors (Lipinski definition) is 6. The summed E-state index contributed by atoms with van der Waals surface area (Å²) in [5, 5.41) is 15.9. The van der Waals surface area contributed by atoms with Gasteiger partial charge in [0.05, 0.1) is 23.1 Å². The number of carboxylic acid groups (broad SMARTS) is 1. The van der Waals surface area contributed by atoms with Crippen molar-refractivity contribution >= 4 is 17.3 Å². The minimum atomic E-state index is -4.38. The Hall–Kier alpha value is -4.05. The molecule has 0 fully saturated rings. The van der Waals surface area contributed by atoms with Gasteiger partial charge in [0, 0.05) is 22.1 Å². The first kappa shape index (κ1) is 22.7. The fourth-order valence-electron chi connectivity index (χ4n) is 3.70. The van der Waals surface area contributed by atoms with E-state index in [0.717, 1.165) is 17.7 Å². The molecule has 1 N–H and O–H groups in total. The van der Waals surface area contributed by atoms with Crippen LogP contribution in [0.15, 0.2) is 82.7 Å². The number of hydrogen-bond donors (Lipinski definition) is 1. The van der Waals surface area contributed by atoms with Gasteiger partial charge >= 0.3 is 12.1 Å². The average molecular weight is 495 g/mol. The van der Waals surface area contributed by atoms with Gasteiger partial charge in [-0.15, -0.1) is 11.3 Å². The topological polar surface area (TPSA) is 89.1 Å². The molecule has 0 saturated carbocycles. The van der Waals surface area contributed by atoms with Gasteiger partial charge in [-0.1, -0.05) is 65.9 Å². The van der Waals surface area contributed by atoms with Crippen molar-refractivity contribution in [3.63, 3.8) is 0 Å². The highest BCUT2D eigenvalue weighted by molar-refractivity contribution is 7.13. The number of allylic oxidation sites excluding steroid dienone is 3.